The number of benzene rings is 1. The lowest BCUT2D eigenvalue weighted by atomic mass is 10.1. The zero-order valence-corrected chi connectivity index (χ0v) is 13.8. The van der Waals surface area contributed by atoms with Crippen molar-refractivity contribution in [1.29, 1.82) is 0 Å². The fraction of sp³-hybridized carbons (Fsp3) is 0.471. The number of rotatable bonds is 8. The Morgan fingerprint density at radius 1 is 1.13 bits per heavy atom. The first-order chi connectivity index (χ1) is 11.0. The lowest BCUT2D eigenvalue weighted by Gasteiger charge is -2.21. The van der Waals surface area contributed by atoms with Gasteiger partial charge in [-0.3, -0.25) is 14.4 Å². The molecule has 1 aliphatic carbocycles. The Labute approximate surface area is 140 Å². The SMILES string of the molecule is COC(=O)CCN(C(=O)CCC(=O)c1ccc(Cl)cc1)C1CC1. The first kappa shape index (κ1) is 17.5. The maximum Gasteiger partial charge on any atom is 0.307 e. The Morgan fingerprint density at radius 3 is 2.35 bits per heavy atom. The van der Waals surface area contributed by atoms with Crippen molar-refractivity contribution in [3.8, 4) is 0 Å². The quantitative estimate of drug-likeness (QED) is 0.540. The maximum absolute atomic E-state index is 12.3. The molecule has 0 aromatic heterocycles. The Bertz CT molecular complexity index is 581. The largest absolute Gasteiger partial charge is 0.469 e. The molecular weight excluding hydrogens is 318 g/mol. The second-order valence-corrected chi connectivity index (χ2v) is 6.01. The van der Waals surface area contributed by atoms with Gasteiger partial charge in [0.1, 0.15) is 0 Å². The smallest absolute Gasteiger partial charge is 0.307 e. The third kappa shape index (κ3) is 5.36. The van der Waals surface area contributed by atoms with Crippen molar-refractivity contribution in [2.75, 3.05) is 13.7 Å². The van der Waals surface area contributed by atoms with E-state index in [0.717, 1.165) is 12.8 Å². The maximum atomic E-state index is 12.3. The van der Waals surface area contributed by atoms with Crippen molar-refractivity contribution in [3.05, 3.63) is 34.9 Å². The molecule has 1 saturated carbocycles. The van der Waals surface area contributed by atoms with Gasteiger partial charge in [-0.1, -0.05) is 11.6 Å². The number of carbonyl (C=O) groups is 3. The van der Waals surface area contributed by atoms with Crippen LogP contribution in [0.4, 0.5) is 0 Å². The molecule has 1 aromatic rings. The number of Topliss-reactive ketones (excluding diaryl/α,β-unsaturated/α-hetero) is 1. The van der Waals surface area contributed by atoms with Gasteiger partial charge < -0.3 is 9.64 Å². The molecule has 1 fully saturated rings. The summed E-state index contributed by atoms with van der Waals surface area (Å²) in [6.45, 7) is 0.352. The number of hydrogen-bond donors (Lipinski definition) is 0. The first-order valence-electron chi connectivity index (χ1n) is 7.66. The Morgan fingerprint density at radius 2 is 1.78 bits per heavy atom. The van der Waals surface area contributed by atoms with E-state index in [-0.39, 0.29) is 43.0 Å². The van der Waals surface area contributed by atoms with Crippen LogP contribution in [0.2, 0.25) is 5.02 Å². The summed E-state index contributed by atoms with van der Waals surface area (Å²) >= 11 is 5.79. The Balaban J connectivity index is 1.85. The van der Waals surface area contributed by atoms with Crippen molar-refractivity contribution < 1.29 is 19.1 Å². The zero-order chi connectivity index (χ0) is 16.8. The molecule has 1 amide bonds. The molecule has 0 spiro atoms. The van der Waals surface area contributed by atoms with Gasteiger partial charge in [-0.25, -0.2) is 0 Å². The average molecular weight is 338 g/mol. The summed E-state index contributed by atoms with van der Waals surface area (Å²) < 4.78 is 4.60. The van der Waals surface area contributed by atoms with Crippen molar-refractivity contribution in [1.82, 2.24) is 4.90 Å². The van der Waals surface area contributed by atoms with Crippen molar-refractivity contribution in [2.45, 2.75) is 38.1 Å². The lowest BCUT2D eigenvalue weighted by molar-refractivity contribution is -0.141. The van der Waals surface area contributed by atoms with E-state index in [1.807, 2.05) is 0 Å². The third-order valence-corrected chi connectivity index (χ3v) is 4.08. The van der Waals surface area contributed by atoms with Gasteiger partial charge in [0, 0.05) is 36.0 Å². The molecule has 124 valence electrons. The molecular formula is C17H20ClNO4. The van der Waals surface area contributed by atoms with Crippen molar-refractivity contribution >= 4 is 29.3 Å². The van der Waals surface area contributed by atoms with Crippen LogP contribution in [0.1, 0.15) is 42.5 Å². The van der Waals surface area contributed by atoms with Gasteiger partial charge in [0.25, 0.3) is 0 Å². The highest BCUT2D eigenvalue weighted by molar-refractivity contribution is 6.30. The monoisotopic (exact) mass is 337 g/mol. The minimum Gasteiger partial charge on any atom is -0.469 e. The van der Waals surface area contributed by atoms with E-state index in [9.17, 15) is 14.4 Å². The molecule has 5 nitrogen and oxygen atoms in total. The van der Waals surface area contributed by atoms with Gasteiger partial charge in [-0.15, -0.1) is 0 Å². The highest BCUT2D eigenvalue weighted by Gasteiger charge is 2.32. The third-order valence-electron chi connectivity index (χ3n) is 3.82. The standard InChI is InChI=1S/C17H20ClNO4/c1-23-17(22)10-11-19(14-6-7-14)16(21)9-8-15(20)12-2-4-13(18)5-3-12/h2-5,14H,6-11H2,1H3. The van der Waals surface area contributed by atoms with E-state index in [4.69, 9.17) is 11.6 Å². The number of methoxy groups -OCH3 is 1. The topological polar surface area (TPSA) is 63.7 Å². The average Bonchev–Trinajstić information content (AvgIpc) is 3.38. The molecule has 0 radical (unpaired) electrons. The number of carbonyl (C=O) groups excluding carboxylic acids is 3. The molecule has 0 unspecified atom stereocenters. The summed E-state index contributed by atoms with van der Waals surface area (Å²) in [5.74, 6) is -0.502. The van der Waals surface area contributed by atoms with Gasteiger partial charge in [0.15, 0.2) is 5.78 Å². The number of hydrogen-bond acceptors (Lipinski definition) is 4. The fourth-order valence-corrected chi connectivity index (χ4v) is 2.48. The molecule has 0 saturated heterocycles. The molecule has 0 N–H and O–H groups in total. The predicted molar refractivity (Wildman–Crippen MR) is 86.4 cm³/mol. The minimum absolute atomic E-state index is 0.0845. The van der Waals surface area contributed by atoms with E-state index in [0.29, 0.717) is 17.1 Å². The Hall–Kier alpha value is -1.88. The number of nitrogens with zero attached hydrogens (tertiary/aromatic N) is 1. The van der Waals surface area contributed by atoms with Crippen LogP contribution in [0.15, 0.2) is 24.3 Å². The molecule has 1 aromatic carbocycles. The summed E-state index contributed by atoms with van der Waals surface area (Å²) in [6, 6.07) is 6.83. The van der Waals surface area contributed by atoms with Crippen LogP contribution < -0.4 is 0 Å². The van der Waals surface area contributed by atoms with Crippen LogP contribution in [-0.2, 0) is 14.3 Å². The fourth-order valence-electron chi connectivity index (χ4n) is 2.36. The van der Waals surface area contributed by atoms with Crippen LogP contribution in [0.3, 0.4) is 0 Å². The highest BCUT2D eigenvalue weighted by Crippen LogP contribution is 2.28. The number of esters is 1. The van der Waals surface area contributed by atoms with Gasteiger partial charge >= 0.3 is 5.97 Å². The number of ketones is 1. The normalized spacial score (nSPS) is 13.5. The molecule has 1 aliphatic rings. The minimum atomic E-state index is -0.333. The van der Waals surface area contributed by atoms with Crippen LogP contribution in [0.25, 0.3) is 0 Å². The van der Waals surface area contributed by atoms with E-state index < -0.39 is 0 Å². The molecule has 0 atom stereocenters. The Kier molecular flexibility index (Phi) is 6.16. The second-order valence-electron chi connectivity index (χ2n) is 5.57. The number of halogens is 1. The number of ether oxygens (including phenoxy) is 1. The summed E-state index contributed by atoms with van der Waals surface area (Å²) in [5, 5.41) is 0.570. The summed E-state index contributed by atoms with van der Waals surface area (Å²) in [7, 11) is 1.33. The lowest BCUT2D eigenvalue weighted by Crippen LogP contribution is -2.35. The second kappa shape index (κ2) is 8.11. The van der Waals surface area contributed by atoms with Crippen LogP contribution in [-0.4, -0.2) is 42.3 Å². The predicted octanol–water partition coefficient (Wildman–Crippen LogP) is 2.86. The van der Waals surface area contributed by atoms with E-state index in [1.54, 1.807) is 29.2 Å². The van der Waals surface area contributed by atoms with Gasteiger partial charge in [0.2, 0.25) is 5.91 Å². The molecule has 2 rings (SSSR count). The first-order valence-corrected chi connectivity index (χ1v) is 8.04. The number of amides is 1. The highest BCUT2D eigenvalue weighted by atomic mass is 35.5. The van der Waals surface area contributed by atoms with Crippen LogP contribution in [0, 0.1) is 0 Å². The van der Waals surface area contributed by atoms with E-state index in [1.165, 1.54) is 7.11 Å². The van der Waals surface area contributed by atoms with Gasteiger partial charge in [-0.2, -0.15) is 0 Å². The molecule has 6 heteroatoms. The van der Waals surface area contributed by atoms with E-state index in [2.05, 4.69) is 4.74 Å². The summed E-state index contributed by atoms with van der Waals surface area (Å²) in [5.41, 5.74) is 0.551. The molecule has 0 heterocycles. The molecule has 0 aliphatic heterocycles. The zero-order valence-electron chi connectivity index (χ0n) is 13.1. The summed E-state index contributed by atoms with van der Waals surface area (Å²) in [4.78, 5) is 37.3. The van der Waals surface area contributed by atoms with Gasteiger partial charge in [-0.05, 0) is 37.1 Å². The van der Waals surface area contributed by atoms with Crippen LogP contribution >= 0.6 is 11.6 Å². The van der Waals surface area contributed by atoms with Crippen LogP contribution in [0.5, 0.6) is 0 Å². The van der Waals surface area contributed by atoms with E-state index >= 15 is 0 Å². The van der Waals surface area contributed by atoms with Crippen molar-refractivity contribution in [3.63, 3.8) is 0 Å². The van der Waals surface area contributed by atoms with Gasteiger partial charge in [0.05, 0.1) is 13.5 Å². The molecule has 23 heavy (non-hydrogen) atoms. The molecule has 0 bridgehead atoms. The summed E-state index contributed by atoms with van der Waals surface area (Å²) in [6.07, 6.45) is 2.40. The van der Waals surface area contributed by atoms with Crippen molar-refractivity contribution in [2.24, 2.45) is 0 Å².